The first-order chi connectivity index (χ1) is 16.1. The molecule has 3 aromatic rings. The molecule has 3 aromatic carbocycles. The molecule has 2 unspecified atom stereocenters. The minimum atomic E-state index is -0.845. The summed E-state index contributed by atoms with van der Waals surface area (Å²) in [7, 11) is 0. The Kier molecular flexibility index (Phi) is 6.96. The molecular formula is C27H27NO3S. The van der Waals surface area contributed by atoms with E-state index in [-0.39, 0.29) is 6.42 Å². The third-order valence-corrected chi connectivity index (χ3v) is 7.00. The molecule has 1 aliphatic rings. The van der Waals surface area contributed by atoms with Gasteiger partial charge in [-0.05, 0) is 36.1 Å². The smallest absolute Gasteiger partial charge is 0.330 e. The molecule has 1 heterocycles. The van der Waals surface area contributed by atoms with Crippen LogP contribution in [-0.2, 0) is 19.1 Å². The molecule has 1 saturated heterocycles. The van der Waals surface area contributed by atoms with Crippen LogP contribution in [0.2, 0.25) is 0 Å². The fraction of sp³-hybridized carbons (Fsp3) is 0.259. The van der Waals surface area contributed by atoms with E-state index < -0.39 is 28.5 Å². The van der Waals surface area contributed by atoms with Crippen molar-refractivity contribution in [2.24, 2.45) is 0 Å². The Morgan fingerprint density at radius 2 is 1.41 bits per heavy atom. The molecule has 1 N–H and O–H groups in total. The van der Waals surface area contributed by atoms with Gasteiger partial charge in [0.25, 0.3) is 0 Å². The Balaban J connectivity index is 1.64. The summed E-state index contributed by atoms with van der Waals surface area (Å²) < 4.78 is 13.2. The zero-order valence-electron chi connectivity index (χ0n) is 18.8. The van der Waals surface area contributed by atoms with Crippen LogP contribution < -0.4 is 5.32 Å². The van der Waals surface area contributed by atoms with E-state index in [1.807, 2.05) is 91.0 Å². The number of nitrogens with one attached hydrogen (secondary N) is 1. The molecule has 0 saturated carbocycles. The van der Waals surface area contributed by atoms with Gasteiger partial charge in [0, 0.05) is 7.10 Å². The van der Waals surface area contributed by atoms with Gasteiger partial charge in [-0.1, -0.05) is 91.0 Å². The molecule has 1 aliphatic heterocycles. The molecule has 32 heavy (non-hydrogen) atoms. The van der Waals surface area contributed by atoms with Crippen LogP contribution in [0.5, 0.6) is 0 Å². The fourth-order valence-corrected chi connectivity index (χ4v) is 5.35. The Morgan fingerprint density at radius 3 is 1.84 bits per heavy atom. The predicted molar refractivity (Wildman–Crippen MR) is 128 cm³/mol. The standard InChI is InChI=1S/C27H27NO3S/c29-25(31-26(30)24-17-10-19-28-24)18-20-32-27(21-11-4-1-5-12-21,22-13-6-2-7-14-22)23-15-8-3-9-16-23/h1-9,11-16,24,28H,10,17-20H2/i20D. The maximum absolute atomic E-state index is 12.5. The van der Waals surface area contributed by atoms with Crippen molar-refractivity contribution in [3.8, 4) is 0 Å². The molecular weight excluding hydrogens is 418 g/mol. The van der Waals surface area contributed by atoms with Gasteiger partial charge in [-0.3, -0.25) is 4.79 Å². The van der Waals surface area contributed by atoms with Crippen LogP contribution >= 0.6 is 11.8 Å². The van der Waals surface area contributed by atoms with Gasteiger partial charge in [-0.25, -0.2) is 4.79 Å². The topological polar surface area (TPSA) is 55.4 Å². The molecule has 0 aromatic heterocycles. The second-order valence-electron chi connectivity index (χ2n) is 7.71. The zero-order chi connectivity index (χ0) is 23.1. The highest BCUT2D eigenvalue weighted by Gasteiger charge is 2.37. The monoisotopic (exact) mass is 446 g/mol. The first-order valence-electron chi connectivity index (χ1n) is 11.4. The minimum Gasteiger partial charge on any atom is -0.392 e. The van der Waals surface area contributed by atoms with E-state index in [9.17, 15) is 9.59 Å². The van der Waals surface area contributed by atoms with E-state index in [1.165, 1.54) is 11.8 Å². The molecule has 5 heteroatoms. The van der Waals surface area contributed by atoms with Gasteiger partial charge in [-0.2, -0.15) is 0 Å². The second-order valence-corrected chi connectivity index (χ2v) is 8.89. The van der Waals surface area contributed by atoms with Crippen molar-refractivity contribution >= 4 is 23.7 Å². The van der Waals surface area contributed by atoms with Gasteiger partial charge in [0.1, 0.15) is 6.04 Å². The number of thioether (sulfide) groups is 1. The van der Waals surface area contributed by atoms with Gasteiger partial charge >= 0.3 is 11.9 Å². The van der Waals surface area contributed by atoms with Crippen LogP contribution in [0.4, 0.5) is 0 Å². The summed E-state index contributed by atoms with van der Waals surface area (Å²) in [6.07, 6.45) is 1.38. The Labute approximate surface area is 194 Å². The van der Waals surface area contributed by atoms with Crippen LogP contribution in [-0.4, -0.2) is 30.3 Å². The average molecular weight is 447 g/mol. The van der Waals surface area contributed by atoms with E-state index in [0.29, 0.717) is 6.42 Å². The molecule has 0 amide bonds. The Morgan fingerprint density at radius 1 is 0.906 bits per heavy atom. The summed E-state index contributed by atoms with van der Waals surface area (Å²) in [5.41, 5.74) is 2.21. The van der Waals surface area contributed by atoms with E-state index in [4.69, 9.17) is 6.11 Å². The molecule has 0 spiro atoms. The highest BCUT2D eigenvalue weighted by atomic mass is 32.2. The van der Waals surface area contributed by atoms with Gasteiger partial charge in [-0.15, -0.1) is 11.8 Å². The molecule has 2 atom stereocenters. The molecule has 4 nitrogen and oxygen atoms in total. The highest BCUT2D eigenvalue weighted by Crippen LogP contribution is 2.48. The molecule has 1 fully saturated rings. The first kappa shape index (κ1) is 21.0. The summed E-state index contributed by atoms with van der Waals surface area (Å²) in [4.78, 5) is 24.7. The fourth-order valence-electron chi connectivity index (χ4n) is 4.07. The third kappa shape index (κ3) is 4.95. The van der Waals surface area contributed by atoms with Gasteiger partial charge in [0.2, 0.25) is 0 Å². The third-order valence-electron chi connectivity index (χ3n) is 5.61. The normalized spacial score (nSPS) is 17.4. The van der Waals surface area contributed by atoms with E-state index in [0.717, 1.165) is 29.7 Å². The lowest BCUT2D eigenvalue weighted by Gasteiger charge is -2.35. The SMILES string of the molecule is [2H]C(CC(=O)OC(=O)C1CCCN1)SC(c1ccccc1)(c1ccccc1)c1ccccc1. The number of rotatable bonds is 8. The van der Waals surface area contributed by atoms with Crippen molar-refractivity contribution in [2.45, 2.75) is 30.1 Å². The van der Waals surface area contributed by atoms with Gasteiger partial charge < -0.3 is 10.1 Å². The van der Waals surface area contributed by atoms with Crippen molar-refractivity contribution in [2.75, 3.05) is 12.3 Å². The van der Waals surface area contributed by atoms with Crippen LogP contribution in [0.15, 0.2) is 91.0 Å². The van der Waals surface area contributed by atoms with Crippen molar-refractivity contribution < 1.29 is 15.7 Å². The number of hydrogen-bond acceptors (Lipinski definition) is 5. The quantitative estimate of drug-likeness (QED) is 0.302. The lowest BCUT2D eigenvalue weighted by Crippen LogP contribution is -2.34. The van der Waals surface area contributed by atoms with Crippen molar-refractivity contribution in [1.29, 1.82) is 0 Å². The molecule has 0 bridgehead atoms. The number of carbonyl (C=O) groups excluding carboxylic acids is 2. The second kappa shape index (κ2) is 10.6. The molecule has 0 radical (unpaired) electrons. The molecule has 164 valence electrons. The maximum Gasteiger partial charge on any atom is 0.330 e. The first-order valence-corrected chi connectivity index (χ1v) is 11.7. The minimum absolute atomic E-state index is 0.183. The molecule has 4 rings (SSSR count). The van der Waals surface area contributed by atoms with E-state index >= 15 is 0 Å². The highest BCUT2D eigenvalue weighted by molar-refractivity contribution is 8.00. The zero-order valence-corrected chi connectivity index (χ0v) is 18.6. The summed E-state index contributed by atoms with van der Waals surface area (Å²) >= 11 is 1.38. The number of carbonyl (C=O) groups is 2. The Hall–Kier alpha value is -2.89. The lowest BCUT2D eigenvalue weighted by molar-refractivity contribution is -0.160. The summed E-state index contributed by atoms with van der Waals surface area (Å²) in [5, 5.41) is 3.04. The number of benzene rings is 3. The lowest BCUT2D eigenvalue weighted by atomic mass is 9.84. The van der Waals surface area contributed by atoms with E-state index in [2.05, 4.69) is 5.32 Å². The van der Waals surface area contributed by atoms with Crippen LogP contribution in [0.1, 0.15) is 37.3 Å². The van der Waals surface area contributed by atoms with Crippen LogP contribution in [0, 0.1) is 0 Å². The maximum atomic E-state index is 12.5. The summed E-state index contributed by atoms with van der Waals surface area (Å²) in [5.74, 6) is -1.21. The largest absolute Gasteiger partial charge is 0.392 e. The number of esters is 2. The Bertz CT molecular complexity index is 960. The van der Waals surface area contributed by atoms with Crippen molar-refractivity contribution in [3.05, 3.63) is 108 Å². The van der Waals surface area contributed by atoms with E-state index in [1.54, 1.807) is 0 Å². The van der Waals surface area contributed by atoms with Crippen LogP contribution in [0.25, 0.3) is 0 Å². The number of ether oxygens (including phenoxy) is 1. The van der Waals surface area contributed by atoms with Gasteiger partial charge in [0.15, 0.2) is 0 Å². The summed E-state index contributed by atoms with van der Waals surface area (Å²) in [6.45, 7) is 0.749. The van der Waals surface area contributed by atoms with Crippen LogP contribution in [0.3, 0.4) is 0 Å². The number of hydrogen-bond donors (Lipinski definition) is 1. The predicted octanol–water partition coefficient (Wildman–Crippen LogP) is 4.92. The average Bonchev–Trinajstić information content (AvgIpc) is 3.39. The van der Waals surface area contributed by atoms with Gasteiger partial charge in [0.05, 0.1) is 11.2 Å². The summed E-state index contributed by atoms with van der Waals surface area (Å²) in [6, 6.07) is 29.7. The van der Waals surface area contributed by atoms with Crippen molar-refractivity contribution in [1.82, 2.24) is 5.32 Å². The molecule has 0 aliphatic carbocycles. The van der Waals surface area contributed by atoms with Crippen molar-refractivity contribution in [3.63, 3.8) is 0 Å².